The first-order valence-corrected chi connectivity index (χ1v) is 4.36. The molecule has 0 aliphatic carbocycles. The van der Waals surface area contributed by atoms with Crippen LogP contribution in [-0.4, -0.2) is 18.7 Å². The van der Waals surface area contributed by atoms with Gasteiger partial charge in [0.1, 0.15) is 11.6 Å². The van der Waals surface area contributed by atoms with Gasteiger partial charge in [-0.15, -0.1) is 0 Å². The van der Waals surface area contributed by atoms with Crippen LogP contribution in [0.5, 0.6) is 5.75 Å². The SMILES string of the molecule is CNCCCc1c(O)cccc1F. The van der Waals surface area contributed by atoms with E-state index in [2.05, 4.69) is 5.32 Å². The Morgan fingerprint density at radius 1 is 1.46 bits per heavy atom. The zero-order valence-electron chi connectivity index (χ0n) is 7.68. The van der Waals surface area contributed by atoms with Gasteiger partial charge in [-0.1, -0.05) is 6.07 Å². The average molecular weight is 183 g/mol. The molecule has 0 unspecified atom stereocenters. The average Bonchev–Trinajstić information content (AvgIpc) is 2.10. The summed E-state index contributed by atoms with van der Waals surface area (Å²) in [6.45, 7) is 0.827. The second-order valence-corrected chi connectivity index (χ2v) is 2.94. The topological polar surface area (TPSA) is 32.3 Å². The summed E-state index contributed by atoms with van der Waals surface area (Å²) >= 11 is 0. The van der Waals surface area contributed by atoms with Gasteiger partial charge >= 0.3 is 0 Å². The van der Waals surface area contributed by atoms with Crippen LogP contribution in [0.1, 0.15) is 12.0 Å². The number of benzene rings is 1. The molecule has 0 saturated heterocycles. The standard InChI is InChI=1S/C10H14FNO/c1-12-7-3-4-8-9(11)5-2-6-10(8)13/h2,5-6,12-13H,3-4,7H2,1H3. The van der Waals surface area contributed by atoms with E-state index in [1.54, 1.807) is 0 Å². The predicted molar refractivity (Wildman–Crippen MR) is 50.3 cm³/mol. The van der Waals surface area contributed by atoms with Crippen LogP contribution in [0.2, 0.25) is 0 Å². The monoisotopic (exact) mass is 183 g/mol. The van der Waals surface area contributed by atoms with Crippen molar-refractivity contribution >= 4 is 0 Å². The zero-order chi connectivity index (χ0) is 9.68. The largest absolute Gasteiger partial charge is 0.508 e. The highest BCUT2D eigenvalue weighted by Crippen LogP contribution is 2.20. The molecule has 13 heavy (non-hydrogen) atoms. The molecule has 0 heterocycles. The molecular formula is C10H14FNO. The summed E-state index contributed by atoms with van der Waals surface area (Å²) in [6.07, 6.45) is 1.39. The number of rotatable bonds is 4. The van der Waals surface area contributed by atoms with Crippen LogP contribution in [0.25, 0.3) is 0 Å². The molecule has 0 bridgehead atoms. The highest BCUT2D eigenvalue weighted by Gasteiger charge is 2.05. The van der Waals surface area contributed by atoms with E-state index < -0.39 is 0 Å². The lowest BCUT2D eigenvalue weighted by Crippen LogP contribution is -2.08. The molecule has 0 aliphatic heterocycles. The Morgan fingerprint density at radius 3 is 2.85 bits per heavy atom. The van der Waals surface area contributed by atoms with Crippen molar-refractivity contribution in [2.45, 2.75) is 12.8 Å². The molecule has 0 aliphatic rings. The molecule has 3 heteroatoms. The highest BCUT2D eigenvalue weighted by molar-refractivity contribution is 5.33. The number of phenols is 1. The minimum Gasteiger partial charge on any atom is -0.508 e. The molecule has 0 amide bonds. The van der Waals surface area contributed by atoms with Crippen LogP contribution >= 0.6 is 0 Å². The second kappa shape index (κ2) is 4.82. The van der Waals surface area contributed by atoms with Crippen LogP contribution in [0.15, 0.2) is 18.2 Å². The lowest BCUT2D eigenvalue weighted by molar-refractivity contribution is 0.457. The fourth-order valence-electron chi connectivity index (χ4n) is 1.24. The highest BCUT2D eigenvalue weighted by atomic mass is 19.1. The van der Waals surface area contributed by atoms with Crippen molar-refractivity contribution in [3.8, 4) is 5.75 Å². The van der Waals surface area contributed by atoms with Gasteiger partial charge in [0.05, 0.1) is 0 Å². The van der Waals surface area contributed by atoms with Gasteiger partial charge in [-0.05, 0) is 38.6 Å². The van der Waals surface area contributed by atoms with Crippen molar-refractivity contribution in [2.75, 3.05) is 13.6 Å². The number of phenolic OH excluding ortho intramolecular Hbond substituents is 1. The summed E-state index contributed by atoms with van der Waals surface area (Å²) in [4.78, 5) is 0. The summed E-state index contributed by atoms with van der Waals surface area (Å²) in [5.74, 6) is -0.271. The van der Waals surface area contributed by atoms with E-state index in [4.69, 9.17) is 0 Å². The summed E-state index contributed by atoms with van der Waals surface area (Å²) in [5, 5.41) is 12.3. The Morgan fingerprint density at radius 2 is 2.23 bits per heavy atom. The van der Waals surface area contributed by atoms with Crippen LogP contribution in [-0.2, 0) is 6.42 Å². The molecule has 1 rings (SSSR count). The molecule has 1 aromatic rings. The van der Waals surface area contributed by atoms with E-state index in [1.807, 2.05) is 7.05 Å². The summed E-state index contributed by atoms with van der Waals surface area (Å²) in [5.41, 5.74) is 0.415. The van der Waals surface area contributed by atoms with E-state index in [-0.39, 0.29) is 11.6 Å². The van der Waals surface area contributed by atoms with Crippen LogP contribution < -0.4 is 5.32 Å². The fourth-order valence-corrected chi connectivity index (χ4v) is 1.24. The van der Waals surface area contributed by atoms with Gasteiger partial charge in [0.2, 0.25) is 0 Å². The molecule has 2 N–H and O–H groups in total. The van der Waals surface area contributed by atoms with E-state index in [1.165, 1.54) is 18.2 Å². The van der Waals surface area contributed by atoms with E-state index in [0.29, 0.717) is 12.0 Å². The van der Waals surface area contributed by atoms with Gasteiger partial charge in [0.15, 0.2) is 0 Å². The van der Waals surface area contributed by atoms with E-state index >= 15 is 0 Å². The van der Waals surface area contributed by atoms with Crippen LogP contribution in [0.4, 0.5) is 4.39 Å². The zero-order valence-corrected chi connectivity index (χ0v) is 7.68. The number of hydrogen-bond acceptors (Lipinski definition) is 2. The first-order valence-electron chi connectivity index (χ1n) is 4.36. The third kappa shape index (κ3) is 2.70. The molecule has 0 radical (unpaired) electrons. The molecule has 1 aromatic carbocycles. The van der Waals surface area contributed by atoms with Crippen molar-refractivity contribution < 1.29 is 9.50 Å². The Bertz CT molecular complexity index is 255. The first-order chi connectivity index (χ1) is 6.25. The minimum atomic E-state index is -0.323. The first kappa shape index (κ1) is 9.99. The number of nitrogens with one attached hydrogen (secondary N) is 1. The van der Waals surface area contributed by atoms with Gasteiger partial charge in [-0.2, -0.15) is 0 Å². The Labute approximate surface area is 77.4 Å². The maximum atomic E-state index is 13.1. The quantitative estimate of drug-likeness (QED) is 0.696. The van der Waals surface area contributed by atoms with Crippen molar-refractivity contribution in [3.63, 3.8) is 0 Å². The maximum Gasteiger partial charge on any atom is 0.130 e. The fraction of sp³-hybridized carbons (Fsp3) is 0.400. The summed E-state index contributed by atoms with van der Waals surface area (Å²) in [6, 6.07) is 4.39. The summed E-state index contributed by atoms with van der Waals surface area (Å²) < 4.78 is 13.1. The molecule has 0 atom stereocenters. The van der Waals surface area contributed by atoms with E-state index in [0.717, 1.165) is 13.0 Å². The van der Waals surface area contributed by atoms with Crippen molar-refractivity contribution in [1.29, 1.82) is 0 Å². The van der Waals surface area contributed by atoms with Crippen LogP contribution in [0.3, 0.4) is 0 Å². The lowest BCUT2D eigenvalue weighted by Gasteiger charge is -2.04. The van der Waals surface area contributed by atoms with Gasteiger partial charge in [0.25, 0.3) is 0 Å². The third-order valence-corrected chi connectivity index (χ3v) is 1.95. The predicted octanol–water partition coefficient (Wildman–Crippen LogP) is 1.68. The molecule has 2 nitrogen and oxygen atoms in total. The van der Waals surface area contributed by atoms with Gasteiger partial charge < -0.3 is 10.4 Å². The van der Waals surface area contributed by atoms with Gasteiger partial charge in [0, 0.05) is 5.56 Å². The van der Waals surface area contributed by atoms with Gasteiger partial charge in [-0.3, -0.25) is 0 Å². The molecular weight excluding hydrogens is 169 g/mol. The van der Waals surface area contributed by atoms with Gasteiger partial charge in [-0.25, -0.2) is 4.39 Å². The minimum absolute atomic E-state index is 0.0519. The smallest absolute Gasteiger partial charge is 0.130 e. The molecule has 72 valence electrons. The Balaban J connectivity index is 2.64. The number of hydrogen-bond donors (Lipinski definition) is 2. The van der Waals surface area contributed by atoms with Crippen molar-refractivity contribution in [3.05, 3.63) is 29.6 Å². The molecule has 0 saturated carbocycles. The lowest BCUT2D eigenvalue weighted by atomic mass is 10.1. The normalized spacial score (nSPS) is 10.3. The summed E-state index contributed by atoms with van der Waals surface area (Å²) in [7, 11) is 1.85. The number of halogens is 1. The maximum absolute atomic E-state index is 13.1. The Kier molecular flexibility index (Phi) is 3.71. The second-order valence-electron chi connectivity index (χ2n) is 2.94. The number of aromatic hydroxyl groups is 1. The molecule has 0 spiro atoms. The third-order valence-electron chi connectivity index (χ3n) is 1.95. The van der Waals surface area contributed by atoms with Crippen molar-refractivity contribution in [2.24, 2.45) is 0 Å². The van der Waals surface area contributed by atoms with E-state index in [9.17, 15) is 9.50 Å². The van der Waals surface area contributed by atoms with Crippen molar-refractivity contribution in [1.82, 2.24) is 5.32 Å². The molecule has 0 aromatic heterocycles. The molecule has 0 fully saturated rings. The Hall–Kier alpha value is -1.09. The van der Waals surface area contributed by atoms with Crippen LogP contribution in [0, 0.1) is 5.82 Å².